The number of allylic oxidation sites excluding steroid dienone is 4. The van der Waals surface area contributed by atoms with Crippen LogP contribution in [-0.2, 0) is 28.7 Å². The van der Waals surface area contributed by atoms with Gasteiger partial charge >= 0.3 is 11.9 Å². The molecular weight excluding hydrogens is 455 g/mol. The van der Waals surface area contributed by atoms with Crippen molar-refractivity contribution in [3.05, 3.63) is 23.8 Å². The molecule has 192 valence electrons. The molecule has 35 heavy (non-hydrogen) atoms. The number of ether oxygens (including phenoxy) is 2. The summed E-state index contributed by atoms with van der Waals surface area (Å²) in [5, 5.41) is 11.5. The zero-order chi connectivity index (χ0) is 28.5. The van der Waals surface area contributed by atoms with Gasteiger partial charge in [-0.05, 0) is 50.7 Å². The van der Waals surface area contributed by atoms with Crippen LogP contribution in [0.1, 0.15) is 70.8 Å². The molecule has 0 spiro atoms. The fourth-order valence-corrected chi connectivity index (χ4v) is 7.89. The Bertz CT molecular complexity index is 1130. The molecule has 0 aromatic carbocycles. The van der Waals surface area contributed by atoms with Crippen LogP contribution in [0.2, 0.25) is 0 Å². The van der Waals surface area contributed by atoms with Gasteiger partial charge in [-0.1, -0.05) is 32.4 Å². The average molecular weight is 494 g/mol. The molecule has 3 fully saturated rings. The van der Waals surface area contributed by atoms with E-state index < -0.39 is 77.1 Å². The van der Waals surface area contributed by atoms with Crippen LogP contribution >= 0.6 is 0 Å². The number of hydrogen-bond donors (Lipinski definition) is 1. The average Bonchev–Trinajstić information content (AvgIpc) is 3.05. The van der Waals surface area contributed by atoms with Crippen molar-refractivity contribution < 1.29 is 42.3 Å². The van der Waals surface area contributed by atoms with E-state index in [2.05, 4.69) is 0 Å². The molecule has 3 saturated carbocycles. The van der Waals surface area contributed by atoms with E-state index in [0.717, 1.165) is 0 Å². The van der Waals surface area contributed by atoms with Gasteiger partial charge in [0.25, 0.3) is 0 Å². The molecule has 0 amide bonds. The first-order valence-corrected chi connectivity index (χ1v) is 12.2. The zero-order valence-corrected chi connectivity index (χ0v) is 20.6. The molecule has 0 aromatic rings. The van der Waals surface area contributed by atoms with Gasteiger partial charge in [0.1, 0.15) is 0 Å². The van der Waals surface area contributed by atoms with Crippen LogP contribution in [0.15, 0.2) is 23.8 Å². The van der Waals surface area contributed by atoms with Gasteiger partial charge in [0, 0.05) is 40.1 Å². The number of halogens is 1. The number of aliphatic hydroxyl groups is 1. The molecule has 0 aliphatic heterocycles. The third kappa shape index (κ3) is 3.31. The Labute approximate surface area is 209 Å². The number of ketones is 2. The minimum Gasteiger partial charge on any atom is -0.458 e. The van der Waals surface area contributed by atoms with Gasteiger partial charge in [-0.3, -0.25) is 19.2 Å². The van der Waals surface area contributed by atoms with Gasteiger partial charge in [0.15, 0.2) is 23.7 Å². The number of aliphatic hydroxyl groups excluding tert-OH is 1. The van der Waals surface area contributed by atoms with Gasteiger partial charge in [-0.25, -0.2) is 4.39 Å². The second-order valence-electron chi connectivity index (χ2n) is 11.0. The quantitative estimate of drug-likeness (QED) is 0.585. The molecule has 7 nitrogen and oxygen atoms in total. The summed E-state index contributed by atoms with van der Waals surface area (Å²) in [6.45, 7) is 2.64. The first kappa shape index (κ1) is 21.9. The van der Waals surface area contributed by atoms with Crippen LogP contribution in [0.3, 0.4) is 0 Å². The van der Waals surface area contributed by atoms with Crippen molar-refractivity contribution in [2.24, 2.45) is 28.6 Å². The van der Waals surface area contributed by atoms with E-state index >= 15 is 4.39 Å². The summed E-state index contributed by atoms with van der Waals surface area (Å²) in [6, 6.07) is 0. The van der Waals surface area contributed by atoms with E-state index in [4.69, 9.17) is 13.6 Å². The molecule has 4 rings (SSSR count). The highest BCUT2D eigenvalue weighted by Gasteiger charge is 2.77. The predicted molar refractivity (Wildman–Crippen MR) is 124 cm³/mol. The Morgan fingerprint density at radius 3 is 2.66 bits per heavy atom. The number of alkyl halides is 1. The molecule has 0 unspecified atom stereocenters. The third-order valence-electron chi connectivity index (χ3n) is 9.49. The second-order valence-corrected chi connectivity index (χ2v) is 11.0. The van der Waals surface area contributed by atoms with Crippen LogP contribution in [0.25, 0.3) is 0 Å². The topological polar surface area (TPSA) is 107 Å². The van der Waals surface area contributed by atoms with Gasteiger partial charge < -0.3 is 14.6 Å². The molecule has 4 aliphatic rings. The summed E-state index contributed by atoms with van der Waals surface area (Å²) in [4.78, 5) is 50.5. The van der Waals surface area contributed by atoms with Gasteiger partial charge in [0.05, 0.1) is 6.10 Å². The monoisotopic (exact) mass is 493 g/mol. The lowest BCUT2D eigenvalue weighted by Crippen LogP contribution is -2.70. The summed E-state index contributed by atoms with van der Waals surface area (Å²) in [6.07, 6.45) is 3.50. The van der Waals surface area contributed by atoms with Crippen molar-refractivity contribution in [1.82, 2.24) is 0 Å². The van der Waals surface area contributed by atoms with Crippen molar-refractivity contribution >= 4 is 23.5 Å². The SMILES string of the molecule is [2H]C([2H])([2H])C(=O)OCC(=O)[C@@]1(OC(=O)CC)[C@@H](C)C[C@H]2[C@@H]3CCC4=CC(=O)C=C[C@]4(C)[C@@]3(F)[C@@H](O)C[C@@]21C. The summed E-state index contributed by atoms with van der Waals surface area (Å²) >= 11 is 0. The maximum absolute atomic E-state index is 17.4. The highest BCUT2D eigenvalue weighted by molar-refractivity contribution is 6.01. The van der Waals surface area contributed by atoms with Crippen molar-refractivity contribution in [2.75, 3.05) is 6.61 Å². The van der Waals surface area contributed by atoms with Crippen molar-refractivity contribution in [1.29, 1.82) is 0 Å². The second kappa shape index (κ2) is 8.36. The molecule has 0 heterocycles. The van der Waals surface area contributed by atoms with E-state index in [9.17, 15) is 24.3 Å². The maximum Gasteiger partial charge on any atom is 0.306 e. The first-order chi connectivity index (χ1) is 17.5. The molecule has 4 aliphatic carbocycles. The number of Topliss-reactive ketones (excluding diaryl/α,β-unsaturated/α-hetero) is 1. The lowest BCUT2D eigenvalue weighted by atomic mass is 9.44. The molecule has 1 N–H and O–H groups in total. The normalized spacial score (nSPS) is 45.6. The van der Waals surface area contributed by atoms with Crippen molar-refractivity contribution in [2.45, 2.75) is 84.0 Å². The van der Waals surface area contributed by atoms with Crippen LogP contribution in [0, 0.1) is 28.6 Å². The van der Waals surface area contributed by atoms with E-state index in [1.54, 1.807) is 27.7 Å². The van der Waals surface area contributed by atoms with Crippen molar-refractivity contribution in [3.8, 4) is 0 Å². The van der Waals surface area contributed by atoms with Crippen LogP contribution < -0.4 is 0 Å². The molecule has 0 bridgehead atoms. The highest BCUT2D eigenvalue weighted by Crippen LogP contribution is 2.71. The van der Waals surface area contributed by atoms with Gasteiger partial charge in [0.2, 0.25) is 5.78 Å². The Morgan fingerprint density at radius 1 is 1.29 bits per heavy atom. The highest BCUT2D eigenvalue weighted by atomic mass is 19.1. The number of fused-ring (bicyclic) bond motifs is 5. The Hall–Kier alpha value is -2.35. The van der Waals surface area contributed by atoms with Crippen molar-refractivity contribution in [3.63, 3.8) is 0 Å². The molecular formula is C27H35FO7. The largest absolute Gasteiger partial charge is 0.458 e. The van der Waals surface area contributed by atoms with Crippen LogP contribution in [0.5, 0.6) is 0 Å². The lowest BCUT2D eigenvalue weighted by molar-refractivity contribution is -0.228. The van der Waals surface area contributed by atoms with E-state index in [1.807, 2.05) is 0 Å². The number of rotatable bonds is 5. The van der Waals surface area contributed by atoms with Gasteiger partial charge in [-0.15, -0.1) is 0 Å². The summed E-state index contributed by atoms with van der Waals surface area (Å²) in [5.74, 6) is -5.11. The van der Waals surface area contributed by atoms with Gasteiger partial charge in [-0.2, -0.15) is 0 Å². The Balaban J connectivity index is 1.78. The lowest BCUT2D eigenvalue weighted by Gasteiger charge is -2.62. The molecule has 8 heteroatoms. The fraction of sp³-hybridized carbons (Fsp3) is 0.704. The molecule has 0 aromatic heterocycles. The smallest absolute Gasteiger partial charge is 0.306 e. The summed E-state index contributed by atoms with van der Waals surface area (Å²) in [7, 11) is 0. The minimum absolute atomic E-state index is 0.0539. The molecule has 0 saturated heterocycles. The van der Waals surface area contributed by atoms with E-state index in [-0.39, 0.29) is 18.6 Å². The number of carbonyl (C=O) groups excluding carboxylic acids is 4. The molecule has 0 radical (unpaired) electrons. The maximum atomic E-state index is 17.4. The third-order valence-corrected chi connectivity index (χ3v) is 9.49. The predicted octanol–water partition coefficient (Wildman–Crippen LogP) is 3.43. The fourth-order valence-electron chi connectivity index (χ4n) is 7.89. The van der Waals surface area contributed by atoms with Crippen LogP contribution in [-0.4, -0.2) is 52.6 Å². The Morgan fingerprint density at radius 2 is 2.00 bits per heavy atom. The standard InChI is InChI=1S/C27H35FO7/c1-6-23(33)35-27(22(32)14-34-16(3)29)15(2)11-20-19-8-7-17-12-18(30)9-10-24(17,4)26(19,28)21(31)13-25(20,27)5/h9-10,12,15,19-21,31H,6-8,11,13-14H2,1-5H3/t15-,19-,20-,21-,24-,25-,26-,27-/m0/s1/i3D3. The van der Waals surface area contributed by atoms with E-state index in [1.165, 1.54) is 18.2 Å². The zero-order valence-electron chi connectivity index (χ0n) is 23.6. The molecule has 8 atom stereocenters. The van der Waals surface area contributed by atoms with Crippen LogP contribution in [0.4, 0.5) is 4.39 Å². The van der Waals surface area contributed by atoms with E-state index in [0.29, 0.717) is 24.8 Å². The number of esters is 2. The Kier molecular flexibility index (Phi) is 5.23. The number of hydrogen-bond acceptors (Lipinski definition) is 7. The number of carbonyl (C=O) groups is 4. The summed E-state index contributed by atoms with van der Waals surface area (Å²) in [5.41, 5.74) is -5.84. The minimum atomic E-state index is -3.08. The summed E-state index contributed by atoms with van der Waals surface area (Å²) < 4.78 is 49.7. The first-order valence-electron chi connectivity index (χ1n) is 13.7.